The number of hydrogen-bond donors (Lipinski definition) is 1. The van der Waals surface area contributed by atoms with Gasteiger partial charge in [-0.2, -0.15) is 4.31 Å². The van der Waals surface area contributed by atoms with E-state index in [0.717, 1.165) is 11.3 Å². The summed E-state index contributed by atoms with van der Waals surface area (Å²) in [5, 5.41) is 8.69. The molecule has 20 heavy (non-hydrogen) atoms. The largest absolute Gasteiger partial charge is 0.480 e. The summed E-state index contributed by atoms with van der Waals surface area (Å²) in [6.07, 6.45) is 2.41. The number of sulfonamides is 1. The van der Waals surface area contributed by atoms with Crippen LogP contribution in [-0.4, -0.2) is 66.5 Å². The van der Waals surface area contributed by atoms with Crippen molar-refractivity contribution in [3.05, 3.63) is 0 Å². The number of carboxylic acid groups (broad SMARTS) is 1. The summed E-state index contributed by atoms with van der Waals surface area (Å²) in [4.78, 5) is 23.9. The number of carboxylic acids is 1. The molecule has 8 heteroatoms. The SMILES string of the molecule is CCCCS(=O)(=O)N1CCCC1C(=O)N(C)CC(=O)O. The van der Waals surface area contributed by atoms with E-state index < -0.39 is 34.5 Å². The number of carbonyl (C=O) groups is 2. The monoisotopic (exact) mass is 306 g/mol. The third kappa shape index (κ3) is 4.17. The second-order valence-corrected chi connectivity index (χ2v) is 7.07. The van der Waals surface area contributed by atoms with E-state index in [1.807, 2.05) is 6.92 Å². The molecule has 1 fully saturated rings. The van der Waals surface area contributed by atoms with Crippen LogP contribution >= 0.6 is 0 Å². The first kappa shape index (κ1) is 16.9. The standard InChI is InChI=1S/C12H22N2O5S/c1-3-4-8-20(18,19)14-7-5-6-10(14)12(17)13(2)9-11(15)16/h10H,3-9H2,1-2H3,(H,15,16). The van der Waals surface area contributed by atoms with Gasteiger partial charge in [0.25, 0.3) is 0 Å². The lowest BCUT2D eigenvalue weighted by Crippen LogP contribution is -2.48. The van der Waals surface area contributed by atoms with E-state index in [1.54, 1.807) is 0 Å². The van der Waals surface area contributed by atoms with Gasteiger partial charge in [0.2, 0.25) is 15.9 Å². The zero-order valence-electron chi connectivity index (χ0n) is 11.9. The Morgan fingerprint density at radius 1 is 1.40 bits per heavy atom. The van der Waals surface area contributed by atoms with Gasteiger partial charge in [0, 0.05) is 13.6 Å². The topological polar surface area (TPSA) is 95.0 Å². The van der Waals surface area contributed by atoms with E-state index in [2.05, 4.69) is 0 Å². The zero-order chi connectivity index (χ0) is 15.3. The Balaban J connectivity index is 2.79. The van der Waals surface area contributed by atoms with Crippen LogP contribution in [0.2, 0.25) is 0 Å². The van der Waals surface area contributed by atoms with E-state index in [4.69, 9.17) is 5.11 Å². The summed E-state index contributed by atoms with van der Waals surface area (Å²) < 4.78 is 25.6. The summed E-state index contributed by atoms with van der Waals surface area (Å²) in [7, 11) is -2.06. The third-order valence-corrected chi connectivity index (χ3v) is 5.31. The summed E-state index contributed by atoms with van der Waals surface area (Å²) >= 11 is 0. The van der Waals surface area contributed by atoms with E-state index in [9.17, 15) is 18.0 Å². The van der Waals surface area contributed by atoms with Crippen LogP contribution in [0, 0.1) is 0 Å². The van der Waals surface area contributed by atoms with E-state index in [0.29, 0.717) is 25.8 Å². The lowest BCUT2D eigenvalue weighted by atomic mass is 10.2. The van der Waals surface area contributed by atoms with Crippen molar-refractivity contribution in [2.45, 2.75) is 38.6 Å². The summed E-state index contributed by atoms with van der Waals surface area (Å²) in [5.41, 5.74) is 0. The van der Waals surface area contributed by atoms with Crippen LogP contribution in [0.3, 0.4) is 0 Å². The number of rotatable bonds is 7. The van der Waals surface area contributed by atoms with Gasteiger partial charge in [0.05, 0.1) is 5.75 Å². The molecule has 1 N–H and O–H groups in total. The molecule has 0 spiro atoms. The fraction of sp³-hybridized carbons (Fsp3) is 0.833. The molecule has 1 heterocycles. The second kappa shape index (κ2) is 7.03. The summed E-state index contributed by atoms with van der Waals surface area (Å²) in [5.74, 6) is -1.51. The van der Waals surface area contributed by atoms with Gasteiger partial charge in [-0.3, -0.25) is 9.59 Å². The summed E-state index contributed by atoms with van der Waals surface area (Å²) in [6, 6.07) is -0.749. The average Bonchev–Trinajstić information content (AvgIpc) is 2.84. The van der Waals surface area contributed by atoms with Gasteiger partial charge in [-0.25, -0.2) is 8.42 Å². The van der Waals surface area contributed by atoms with Crippen LogP contribution in [0.25, 0.3) is 0 Å². The predicted molar refractivity (Wildman–Crippen MR) is 73.7 cm³/mol. The molecule has 116 valence electrons. The number of nitrogens with zero attached hydrogens (tertiary/aromatic N) is 2. The molecule has 1 unspecified atom stereocenters. The minimum Gasteiger partial charge on any atom is -0.480 e. The fourth-order valence-electron chi connectivity index (χ4n) is 2.30. The van der Waals surface area contributed by atoms with E-state index >= 15 is 0 Å². The van der Waals surface area contributed by atoms with Crippen LogP contribution in [0.15, 0.2) is 0 Å². The van der Waals surface area contributed by atoms with Crippen molar-refractivity contribution in [3.8, 4) is 0 Å². The zero-order valence-corrected chi connectivity index (χ0v) is 12.7. The maximum absolute atomic E-state index is 12.2. The highest BCUT2D eigenvalue weighted by molar-refractivity contribution is 7.89. The Kier molecular flexibility index (Phi) is 5.94. The smallest absolute Gasteiger partial charge is 0.323 e. The molecule has 7 nitrogen and oxygen atoms in total. The number of likely N-dealkylation sites (N-methyl/N-ethyl adjacent to an activating group) is 1. The maximum Gasteiger partial charge on any atom is 0.323 e. The Labute approximate surface area is 119 Å². The third-order valence-electron chi connectivity index (χ3n) is 3.35. The summed E-state index contributed by atoms with van der Waals surface area (Å²) in [6.45, 7) is 1.82. The molecule has 0 saturated carbocycles. The maximum atomic E-state index is 12.2. The molecule has 0 aromatic heterocycles. The van der Waals surface area contributed by atoms with E-state index in [1.165, 1.54) is 11.4 Å². The van der Waals surface area contributed by atoms with Crippen molar-refractivity contribution in [2.75, 3.05) is 25.9 Å². The molecule has 0 bridgehead atoms. The number of aliphatic carboxylic acids is 1. The van der Waals surface area contributed by atoms with Crippen molar-refractivity contribution in [3.63, 3.8) is 0 Å². The Morgan fingerprint density at radius 3 is 2.60 bits per heavy atom. The van der Waals surface area contributed by atoms with E-state index in [-0.39, 0.29) is 5.75 Å². The molecule has 1 aliphatic rings. The van der Waals surface area contributed by atoms with Crippen LogP contribution in [-0.2, 0) is 19.6 Å². The molecule has 1 atom stereocenters. The normalized spacial score (nSPS) is 20.0. The van der Waals surface area contributed by atoms with Gasteiger partial charge < -0.3 is 10.0 Å². The Bertz CT molecular complexity index is 462. The van der Waals surface area contributed by atoms with Crippen LogP contribution in [0.4, 0.5) is 0 Å². The van der Waals surface area contributed by atoms with Crippen molar-refractivity contribution in [2.24, 2.45) is 0 Å². The number of carbonyl (C=O) groups excluding carboxylic acids is 1. The minimum atomic E-state index is -3.44. The molecule has 0 aliphatic carbocycles. The highest BCUT2D eigenvalue weighted by Gasteiger charge is 2.39. The molecule has 1 aliphatic heterocycles. The van der Waals surface area contributed by atoms with Gasteiger partial charge >= 0.3 is 5.97 Å². The van der Waals surface area contributed by atoms with Gasteiger partial charge in [-0.15, -0.1) is 0 Å². The lowest BCUT2D eigenvalue weighted by molar-refractivity contribution is -0.144. The first-order valence-electron chi connectivity index (χ1n) is 6.76. The lowest BCUT2D eigenvalue weighted by Gasteiger charge is -2.26. The molecule has 0 radical (unpaired) electrons. The van der Waals surface area contributed by atoms with Crippen LogP contribution in [0.5, 0.6) is 0 Å². The van der Waals surface area contributed by atoms with Crippen molar-refractivity contribution >= 4 is 21.9 Å². The quantitative estimate of drug-likeness (QED) is 0.721. The van der Waals surface area contributed by atoms with Crippen molar-refractivity contribution in [1.82, 2.24) is 9.21 Å². The fourth-order valence-corrected chi connectivity index (χ4v) is 4.18. The molecule has 1 rings (SSSR count). The first-order chi connectivity index (χ1) is 9.29. The highest BCUT2D eigenvalue weighted by Crippen LogP contribution is 2.23. The van der Waals surface area contributed by atoms with Crippen LogP contribution < -0.4 is 0 Å². The molecule has 0 aromatic carbocycles. The van der Waals surface area contributed by atoms with Crippen molar-refractivity contribution < 1.29 is 23.1 Å². The first-order valence-corrected chi connectivity index (χ1v) is 8.36. The predicted octanol–water partition coefficient (Wildman–Crippen LogP) is 0.124. The number of hydrogen-bond acceptors (Lipinski definition) is 4. The Hall–Kier alpha value is -1.15. The van der Waals surface area contributed by atoms with Gasteiger partial charge in [0.1, 0.15) is 12.6 Å². The van der Waals surface area contributed by atoms with Gasteiger partial charge in [-0.1, -0.05) is 13.3 Å². The highest BCUT2D eigenvalue weighted by atomic mass is 32.2. The molecule has 0 aromatic rings. The number of unbranched alkanes of at least 4 members (excludes halogenated alkanes) is 1. The van der Waals surface area contributed by atoms with Crippen LogP contribution in [0.1, 0.15) is 32.6 Å². The van der Waals surface area contributed by atoms with Gasteiger partial charge in [0.15, 0.2) is 0 Å². The minimum absolute atomic E-state index is 0.0376. The van der Waals surface area contributed by atoms with Gasteiger partial charge in [-0.05, 0) is 19.3 Å². The Morgan fingerprint density at radius 2 is 2.05 bits per heavy atom. The number of amides is 1. The molecular formula is C12H22N2O5S. The second-order valence-electron chi connectivity index (χ2n) is 5.03. The molecule has 1 amide bonds. The molecular weight excluding hydrogens is 284 g/mol. The molecule has 1 saturated heterocycles. The van der Waals surface area contributed by atoms with Crippen molar-refractivity contribution in [1.29, 1.82) is 0 Å². The average molecular weight is 306 g/mol.